The van der Waals surface area contributed by atoms with Gasteiger partial charge in [0.2, 0.25) is 0 Å². The van der Waals surface area contributed by atoms with E-state index < -0.39 is 0 Å². The summed E-state index contributed by atoms with van der Waals surface area (Å²) in [5.41, 5.74) is 2.72. The number of hydrogen-bond acceptors (Lipinski definition) is 2. The van der Waals surface area contributed by atoms with Crippen LogP contribution >= 0.6 is 22.9 Å². The van der Waals surface area contributed by atoms with Crippen LogP contribution in [0.1, 0.15) is 29.0 Å². The Kier molecular flexibility index (Phi) is 4.81. The fourth-order valence-electron chi connectivity index (χ4n) is 2.18. The van der Waals surface area contributed by atoms with Crippen LogP contribution in [0.5, 0.6) is 0 Å². The number of rotatable bonds is 5. The van der Waals surface area contributed by atoms with Crippen molar-refractivity contribution in [2.75, 3.05) is 6.54 Å². The lowest BCUT2D eigenvalue weighted by Crippen LogP contribution is -2.23. The molecule has 0 saturated heterocycles. The van der Waals surface area contributed by atoms with Crippen LogP contribution in [-0.2, 0) is 6.42 Å². The van der Waals surface area contributed by atoms with Crippen molar-refractivity contribution < 1.29 is 0 Å². The standard InChI is InChI=1S/C15H18ClNS/c1-3-17-14(10-12-8-9-15(16)18-12)13-7-5-4-6-11(13)2/h4-9,14,17H,3,10H2,1-2H3. The number of benzene rings is 1. The average Bonchev–Trinajstić information content (AvgIpc) is 2.75. The first-order chi connectivity index (χ1) is 8.70. The zero-order valence-electron chi connectivity index (χ0n) is 10.7. The smallest absolute Gasteiger partial charge is 0.0931 e. The lowest BCUT2D eigenvalue weighted by atomic mass is 9.98. The third kappa shape index (κ3) is 3.35. The molecule has 0 aliphatic heterocycles. The highest BCUT2D eigenvalue weighted by atomic mass is 35.5. The second-order valence-electron chi connectivity index (χ2n) is 4.38. The second kappa shape index (κ2) is 6.37. The second-order valence-corrected chi connectivity index (χ2v) is 6.18. The van der Waals surface area contributed by atoms with Crippen LogP contribution in [0.25, 0.3) is 0 Å². The van der Waals surface area contributed by atoms with Crippen LogP contribution in [0.3, 0.4) is 0 Å². The van der Waals surface area contributed by atoms with Crippen molar-refractivity contribution in [2.45, 2.75) is 26.3 Å². The molecule has 2 rings (SSSR count). The van der Waals surface area contributed by atoms with Crippen LogP contribution in [0.15, 0.2) is 36.4 Å². The SMILES string of the molecule is CCNC(Cc1ccc(Cl)s1)c1ccccc1C. The Hall–Kier alpha value is -0.830. The maximum atomic E-state index is 6.00. The summed E-state index contributed by atoms with van der Waals surface area (Å²) in [7, 11) is 0. The van der Waals surface area contributed by atoms with Crippen LogP contribution in [0, 0.1) is 6.92 Å². The van der Waals surface area contributed by atoms with E-state index >= 15 is 0 Å². The molecular weight excluding hydrogens is 262 g/mol. The number of halogens is 1. The predicted octanol–water partition coefficient (Wildman–Crippen LogP) is 4.60. The van der Waals surface area contributed by atoms with Gasteiger partial charge in [-0.1, -0.05) is 42.8 Å². The minimum absolute atomic E-state index is 0.367. The van der Waals surface area contributed by atoms with E-state index in [0.717, 1.165) is 17.3 Å². The molecule has 1 N–H and O–H groups in total. The first kappa shape index (κ1) is 13.6. The molecule has 2 aromatic rings. The average molecular weight is 280 g/mol. The minimum atomic E-state index is 0.367. The maximum Gasteiger partial charge on any atom is 0.0931 e. The van der Waals surface area contributed by atoms with E-state index in [1.807, 2.05) is 6.07 Å². The molecule has 96 valence electrons. The van der Waals surface area contributed by atoms with E-state index in [2.05, 4.69) is 49.5 Å². The minimum Gasteiger partial charge on any atom is -0.310 e. The van der Waals surface area contributed by atoms with Gasteiger partial charge in [-0.3, -0.25) is 0 Å². The largest absolute Gasteiger partial charge is 0.310 e. The molecule has 1 heterocycles. The summed E-state index contributed by atoms with van der Waals surface area (Å²) in [4.78, 5) is 1.33. The van der Waals surface area contributed by atoms with Crippen molar-refractivity contribution in [2.24, 2.45) is 0 Å². The number of likely N-dealkylation sites (N-methyl/N-ethyl adjacent to an activating group) is 1. The van der Waals surface area contributed by atoms with Crippen LogP contribution < -0.4 is 5.32 Å². The summed E-state index contributed by atoms with van der Waals surface area (Å²) < 4.78 is 0.866. The van der Waals surface area contributed by atoms with E-state index in [0.29, 0.717) is 6.04 Å². The molecule has 1 aromatic carbocycles. The first-order valence-corrected chi connectivity index (χ1v) is 7.43. The van der Waals surface area contributed by atoms with Crippen molar-refractivity contribution >= 4 is 22.9 Å². The van der Waals surface area contributed by atoms with E-state index in [4.69, 9.17) is 11.6 Å². The van der Waals surface area contributed by atoms with Gasteiger partial charge in [0.05, 0.1) is 4.34 Å². The Labute approximate surface area is 118 Å². The monoisotopic (exact) mass is 279 g/mol. The maximum absolute atomic E-state index is 6.00. The van der Waals surface area contributed by atoms with Gasteiger partial charge in [0, 0.05) is 17.3 Å². The van der Waals surface area contributed by atoms with Gasteiger partial charge in [-0.25, -0.2) is 0 Å². The van der Waals surface area contributed by atoms with Gasteiger partial charge in [-0.2, -0.15) is 0 Å². The Morgan fingerprint density at radius 2 is 2.00 bits per heavy atom. The normalized spacial score (nSPS) is 12.6. The molecule has 3 heteroatoms. The number of thiophene rings is 1. The molecule has 0 bridgehead atoms. The number of nitrogens with one attached hydrogen (secondary N) is 1. The molecule has 0 aliphatic carbocycles. The van der Waals surface area contributed by atoms with Crippen molar-refractivity contribution in [1.82, 2.24) is 5.32 Å². The van der Waals surface area contributed by atoms with Crippen molar-refractivity contribution in [3.8, 4) is 0 Å². The number of aryl methyl sites for hydroxylation is 1. The summed E-state index contributed by atoms with van der Waals surface area (Å²) in [6, 6.07) is 13.0. The molecule has 0 amide bonds. The lowest BCUT2D eigenvalue weighted by molar-refractivity contribution is 0.551. The molecule has 1 aromatic heterocycles. The predicted molar refractivity (Wildman–Crippen MR) is 80.6 cm³/mol. The third-order valence-electron chi connectivity index (χ3n) is 3.05. The quantitative estimate of drug-likeness (QED) is 0.843. The fourth-order valence-corrected chi connectivity index (χ4v) is 3.31. The van der Waals surface area contributed by atoms with E-state index in [1.54, 1.807) is 11.3 Å². The lowest BCUT2D eigenvalue weighted by Gasteiger charge is -2.19. The molecule has 0 saturated carbocycles. The van der Waals surface area contributed by atoms with Gasteiger partial charge in [-0.05, 0) is 36.7 Å². The van der Waals surface area contributed by atoms with Gasteiger partial charge in [0.25, 0.3) is 0 Å². The van der Waals surface area contributed by atoms with Gasteiger partial charge in [-0.15, -0.1) is 11.3 Å². The van der Waals surface area contributed by atoms with E-state index in [9.17, 15) is 0 Å². The molecule has 18 heavy (non-hydrogen) atoms. The summed E-state index contributed by atoms with van der Waals surface area (Å²) in [5, 5.41) is 3.56. The Balaban J connectivity index is 2.20. The van der Waals surface area contributed by atoms with Crippen LogP contribution in [0.4, 0.5) is 0 Å². The summed E-state index contributed by atoms with van der Waals surface area (Å²) in [6.45, 7) is 5.28. The molecule has 0 aliphatic rings. The zero-order valence-corrected chi connectivity index (χ0v) is 12.3. The molecule has 1 unspecified atom stereocenters. The van der Waals surface area contributed by atoms with Crippen LogP contribution in [0.2, 0.25) is 4.34 Å². The van der Waals surface area contributed by atoms with Gasteiger partial charge < -0.3 is 5.32 Å². The van der Waals surface area contributed by atoms with Crippen LogP contribution in [-0.4, -0.2) is 6.54 Å². The first-order valence-electron chi connectivity index (χ1n) is 6.24. The van der Waals surface area contributed by atoms with Gasteiger partial charge >= 0.3 is 0 Å². The summed E-state index contributed by atoms with van der Waals surface area (Å²) >= 11 is 7.66. The van der Waals surface area contributed by atoms with E-state index in [1.165, 1.54) is 16.0 Å². The fraction of sp³-hybridized carbons (Fsp3) is 0.333. The Morgan fingerprint density at radius 3 is 2.61 bits per heavy atom. The summed E-state index contributed by atoms with van der Waals surface area (Å²) in [5.74, 6) is 0. The molecule has 1 nitrogen and oxygen atoms in total. The highest BCUT2D eigenvalue weighted by Gasteiger charge is 2.14. The molecular formula is C15H18ClNS. The zero-order chi connectivity index (χ0) is 13.0. The van der Waals surface area contributed by atoms with Crippen molar-refractivity contribution in [3.63, 3.8) is 0 Å². The highest BCUT2D eigenvalue weighted by molar-refractivity contribution is 7.16. The Morgan fingerprint density at radius 1 is 1.22 bits per heavy atom. The molecule has 0 fully saturated rings. The Bertz CT molecular complexity index is 507. The molecule has 0 spiro atoms. The highest BCUT2D eigenvalue weighted by Crippen LogP contribution is 2.27. The number of hydrogen-bond donors (Lipinski definition) is 1. The van der Waals surface area contributed by atoms with Crippen molar-refractivity contribution in [3.05, 3.63) is 56.7 Å². The van der Waals surface area contributed by atoms with Crippen molar-refractivity contribution in [1.29, 1.82) is 0 Å². The topological polar surface area (TPSA) is 12.0 Å². The van der Waals surface area contributed by atoms with Gasteiger partial charge in [0.15, 0.2) is 0 Å². The molecule has 0 radical (unpaired) electrons. The molecule has 1 atom stereocenters. The van der Waals surface area contributed by atoms with E-state index in [-0.39, 0.29) is 0 Å². The third-order valence-corrected chi connectivity index (χ3v) is 4.30. The summed E-state index contributed by atoms with van der Waals surface area (Å²) in [6.07, 6.45) is 0.996. The van der Waals surface area contributed by atoms with Gasteiger partial charge in [0.1, 0.15) is 0 Å².